The number of carbonyl (C=O) groups excluding carboxylic acids is 1. The second-order valence-electron chi connectivity index (χ2n) is 7.11. The number of nitrogens with one attached hydrogen (secondary N) is 2. The first-order valence-electron chi connectivity index (χ1n) is 9.76. The highest BCUT2D eigenvalue weighted by Gasteiger charge is 2.22. The van der Waals surface area contributed by atoms with Crippen LogP contribution in [-0.2, 0) is 10.0 Å². The number of hydrogen-bond acceptors (Lipinski definition) is 4. The molecule has 0 unspecified atom stereocenters. The van der Waals surface area contributed by atoms with Crippen molar-refractivity contribution < 1.29 is 17.6 Å². The van der Waals surface area contributed by atoms with Crippen molar-refractivity contribution >= 4 is 32.5 Å². The predicted molar refractivity (Wildman–Crippen MR) is 119 cm³/mol. The van der Waals surface area contributed by atoms with Crippen molar-refractivity contribution in [1.82, 2.24) is 9.97 Å². The summed E-state index contributed by atoms with van der Waals surface area (Å²) in [7, 11) is -3.69. The highest BCUT2D eigenvalue weighted by atomic mass is 32.2. The van der Waals surface area contributed by atoms with Gasteiger partial charge >= 0.3 is 0 Å². The Hall–Kier alpha value is -3.52. The highest BCUT2D eigenvalue weighted by molar-refractivity contribution is 7.92. The number of nitrogens with zero attached hydrogens (tertiary/aromatic N) is 1. The number of hydrogen-bond donors (Lipinski definition) is 2. The van der Waals surface area contributed by atoms with Gasteiger partial charge in [-0.25, -0.2) is 17.8 Å². The first kappa shape index (κ1) is 20.7. The molecule has 0 amide bonds. The molecule has 6 nitrogen and oxygen atoms in total. The van der Waals surface area contributed by atoms with Crippen LogP contribution in [0.3, 0.4) is 0 Å². The van der Waals surface area contributed by atoms with E-state index in [1.54, 1.807) is 13.1 Å². The Morgan fingerprint density at radius 3 is 2.58 bits per heavy atom. The molecule has 8 heteroatoms. The normalized spacial score (nSPS) is 11.5. The SMILES string of the molecule is CCCS(=O)(=O)Nc1cccc(C(=O)c2c[nH]c3ncc(-c4ccccc4)cc23)c1F. The molecule has 0 aliphatic carbocycles. The van der Waals surface area contributed by atoms with Gasteiger partial charge in [0.2, 0.25) is 10.0 Å². The van der Waals surface area contributed by atoms with Crippen molar-refractivity contribution in [3.63, 3.8) is 0 Å². The lowest BCUT2D eigenvalue weighted by Crippen LogP contribution is -2.18. The van der Waals surface area contributed by atoms with Gasteiger partial charge in [-0.1, -0.05) is 43.3 Å². The topological polar surface area (TPSA) is 91.9 Å². The van der Waals surface area contributed by atoms with Crippen LogP contribution in [0.15, 0.2) is 67.0 Å². The van der Waals surface area contributed by atoms with E-state index in [9.17, 15) is 13.2 Å². The minimum Gasteiger partial charge on any atom is -0.345 e. The van der Waals surface area contributed by atoms with Crippen molar-refractivity contribution in [3.05, 3.63) is 83.9 Å². The fourth-order valence-electron chi connectivity index (χ4n) is 3.40. The number of fused-ring (bicyclic) bond motifs is 1. The number of H-pyrrole nitrogens is 1. The molecule has 0 aliphatic heterocycles. The van der Waals surface area contributed by atoms with Crippen LogP contribution in [0.5, 0.6) is 0 Å². The molecule has 158 valence electrons. The van der Waals surface area contributed by atoms with E-state index in [1.165, 1.54) is 24.4 Å². The summed E-state index contributed by atoms with van der Waals surface area (Å²) < 4.78 is 41.3. The van der Waals surface area contributed by atoms with Crippen LogP contribution in [0.2, 0.25) is 0 Å². The predicted octanol–water partition coefficient (Wildman–Crippen LogP) is 4.75. The maximum Gasteiger partial charge on any atom is 0.232 e. The summed E-state index contributed by atoms with van der Waals surface area (Å²) in [4.78, 5) is 20.5. The summed E-state index contributed by atoms with van der Waals surface area (Å²) in [5.74, 6) is -1.61. The van der Waals surface area contributed by atoms with Crippen molar-refractivity contribution in [3.8, 4) is 11.1 Å². The average Bonchev–Trinajstić information content (AvgIpc) is 3.18. The highest BCUT2D eigenvalue weighted by Crippen LogP contribution is 2.28. The molecule has 0 radical (unpaired) electrons. The zero-order valence-corrected chi connectivity index (χ0v) is 17.5. The Morgan fingerprint density at radius 1 is 1.06 bits per heavy atom. The number of carbonyl (C=O) groups is 1. The summed E-state index contributed by atoms with van der Waals surface area (Å²) in [6.45, 7) is 1.71. The number of aromatic amines is 1. The number of halogens is 1. The molecule has 31 heavy (non-hydrogen) atoms. The molecule has 4 rings (SSSR count). The van der Waals surface area contributed by atoms with Crippen LogP contribution in [0.1, 0.15) is 29.3 Å². The van der Waals surface area contributed by atoms with Gasteiger partial charge in [0.15, 0.2) is 11.6 Å². The van der Waals surface area contributed by atoms with Crippen LogP contribution in [0.4, 0.5) is 10.1 Å². The summed E-state index contributed by atoms with van der Waals surface area (Å²) >= 11 is 0. The maximum absolute atomic E-state index is 15.1. The Morgan fingerprint density at radius 2 is 1.84 bits per heavy atom. The van der Waals surface area contributed by atoms with Crippen LogP contribution in [0.25, 0.3) is 22.2 Å². The summed E-state index contributed by atoms with van der Waals surface area (Å²) in [5, 5.41) is 0.558. The second-order valence-corrected chi connectivity index (χ2v) is 8.95. The molecule has 4 aromatic rings. The lowest BCUT2D eigenvalue weighted by Gasteiger charge is -2.10. The van der Waals surface area contributed by atoms with Gasteiger partial charge in [-0.15, -0.1) is 0 Å². The van der Waals surface area contributed by atoms with Crippen molar-refractivity contribution in [2.45, 2.75) is 13.3 Å². The lowest BCUT2D eigenvalue weighted by molar-refractivity contribution is 0.103. The molecule has 0 fully saturated rings. The zero-order valence-electron chi connectivity index (χ0n) is 16.7. The Bertz CT molecular complexity index is 1370. The molecule has 2 N–H and O–H groups in total. The van der Waals surface area contributed by atoms with E-state index in [1.807, 2.05) is 36.4 Å². The van der Waals surface area contributed by atoms with Gasteiger partial charge < -0.3 is 4.98 Å². The van der Waals surface area contributed by atoms with E-state index in [0.29, 0.717) is 17.5 Å². The monoisotopic (exact) mass is 437 g/mol. The largest absolute Gasteiger partial charge is 0.345 e. The fourth-order valence-corrected chi connectivity index (χ4v) is 4.53. The van der Waals surface area contributed by atoms with Gasteiger partial charge in [-0.3, -0.25) is 9.52 Å². The fraction of sp³-hybridized carbons (Fsp3) is 0.130. The van der Waals surface area contributed by atoms with Gasteiger partial charge in [-0.05, 0) is 30.2 Å². The number of ketones is 1. The molecule has 0 saturated heterocycles. The van der Waals surface area contributed by atoms with E-state index in [0.717, 1.165) is 11.1 Å². The van der Waals surface area contributed by atoms with E-state index >= 15 is 4.39 Å². The minimum absolute atomic E-state index is 0.138. The summed E-state index contributed by atoms with van der Waals surface area (Å²) in [6, 6.07) is 15.5. The van der Waals surface area contributed by atoms with Gasteiger partial charge in [0.05, 0.1) is 17.0 Å². The van der Waals surface area contributed by atoms with Crippen LogP contribution in [-0.4, -0.2) is 29.9 Å². The average molecular weight is 437 g/mol. The Balaban J connectivity index is 1.74. The van der Waals surface area contributed by atoms with Gasteiger partial charge in [0.25, 0.3) is 0 Å². The van der Waals surface area contributed by atoms with Crippen LogP contribution < -0.4 is 4.72 Å². The van der Waals surface area contributed by atoms with Crippen LogP contribution >= 0.6 is 0 Å². The van der Waals surface area contributed by atoms with Crippen molar-refractivity contribution in [1.29, 1.82) is 0 Å². The summed E-state index contributed by atoms with van der Waals surface area (Å²) in [6.07, 6.45) is 3.58. The maximum atomic E-state index is 15.1. The Labute approximate surface area is 179 Å². The molecule has 2 aromatic carbocycles. The molecule has 0 spiro atoms. The van der Waals surface area contributed by atoms with Crippen molar-refractivity contribution in [2.24, 2.45) is 0 Å². The molecule has 2 heterocycles. The molecule has 2 aromatic heterocycles. The first-order valence-corrected chi connectivity index (χ1v) is 11.4. The quantitative estimate of drug-likeness (QED) is 0.408. The number of aromatic nitrogens is 2. The third kappa shape index (κ3) is 4.20. The van der Waals surface area contributed by atoms with E-state index in [-0.39, 0.29) is 22.6 Å². The lowest BCUT2D eigenvalue weighted by atomic mass is 10.0. The molecular weight excluding hydrogens is 417 g/mol. The molecular formula is C23H20FN3O3S. The van der Waals surface area contributed by atoms with Gasteiger partial charge in [-0.2, -0.15) is 0 Å². The van der Waals surface area contributed by atoms with Gasteiger partial charge in [0, 0.05) is 28.9 Å². The standard InChI is InChI=1S/C23H20FN3O3S/c1-2-11-31(29,30)27-20-10-6-9-17(21(20)24)22(28)19-14-26-23-18(19)12-16(13-25-23)15-7-4-3-5-8-15/h3-10,12-14,27H,2,11H2,1H3,(H,25,26). The number of pyridine rings is 1. The number of sulfonamides is 1. The molecule has 0 aliphatic rings. The van der Waals surface area contributed by atoms with Crippen molar-refractivity contribution in [2.75, 3.05) is 10.5 Å². The van der Waals surface area contributed by atoms with E-state index < -0.39 is 21.6 Å². The van der Waals surface area contributed by atoms with E-state index in [2.05, 4.69) is 14.7 Å². The number of rotatable bonds is 7. The smallest absolute Gasteiger partial charge is 0.232 e. The molecule has 0 bridgehead atoms. The second kappa shape index (κ2) is 8.31. The van der Waals surface area contributed by atoms with Crippen LogP contribution in [0, 0.1) is 5.82 Å². The third-order valence-corrected chi connectivity index (χ3v) is 6.34. The Kier molecular flexibility index (Phi) is 5.56. The number of anilines is 1. The third-order valence-electron chi connectivity index (χ3n) is 4.86. The molecule has 0 saturated carbocycles. The molecule has 0 atom stereocenters. The number of benzene rings is 2. The zero-order chi connectivity index (χ0) is 22.0. The van der Waals surface area contributed by atoms with Gasteiger partial charge in [0.1, 0.15) is 5.65 Å². The van der Waals surface area contributed by atoms with E-state index in [4.69, 9.17) is 0 Å². The summed E-state index contributed by atoms with van der Waals surface area (Å²) in [5.41, 5.74) is 2.05. The minimum atomic E-state index is -3.69. The first-order chi connectivity index (χ1) is 14.9.